The molecule has 0 aliphatic heterocycles. The van der Waals surface area contributed by atoms with Crippen LogP contribution < -0.4 is 10.5 Å². The Hall–Kier alpha value is -1.94. The number of benzene rings is 1. The first kappa shape index (κ1) is 11.5. The fourth-order valence-corrected chi connectivity index (χ4v) is 1.45. The van der Waals surface area contributed by atoms with Crippen molar-refractivity contribution >= 4 is 0 Å². The maximum atomic E-state index is 13.7. The second-order valence-corrected chi connectivity index (χ2v) is 3.57. The number of halogens is 1. The van der Waals surface area contributed by atoms with Crippen molar-refractivity contribution in [1.29, 1.82) is 0 Å². The first-order chi connectivity index (χ1) is 8.31. The standard InChI is InChI=1S/C13H13FN2O/c14-12-11(8-15)6-7-16-13(12)17-9-10-4-2-1-3-5-10/h1-7H,8-9,15H2. The lowest BCUT2D eigenvalue weighted by Crippen LogP contribution is -2.05. The molecular formula is C13H13FN2O. The highest BCUT2D eigenvalue weighted by molar-refractivity contribution is 5.24. The molecule has 0 aliphatic rings. The molecule has 0 bridgehead atoms. The Bertz CT molecular complexity index is 488. The van der Waals surface area contributed by atoms with Gasteiger partial charge in [-0.3, -0.25) is 0 Å². The Kier molecular flexibility index (Phi) is 3.67. The summed E-state index contributed by atoms with van der Waals surface area (Å²) in [6, 6.07) is 11.1. The summed E-state index contributed by atoms with van der Waals surface area (Å²) in [5.41, 5.74) is 6.77. The zero-order chi connectivity index (χ0) is 12.1. The van der Waals surface area contributed by atoms with Gasteiger partial charge in [0.2, 0.25) is 0 Å². The molecule has 2 N–H and O–H groups in total. The largest absolute Gasteiger partial charge is 0.471 e. The third kappa shape index (κ3) is 2.79. The SMILES string of the molecule is NCc1ccnc(OCc2ccccc2)c1F. The summed E-state index contributed by atoms with van der Waals surface area (Å²) < 4.78 is 19.0. The van der Waals surface area contributed by atoms with Crippen LogP contribution in [0.3, 0.4) is 0 Å². The van der Waals surface area contributed by atoms with Crippen molar-refractivity contribution in [3.8, 4) is 5.88 Å². The fourth-order valence-electron chi connectivity index (χ4n) is 1.45. The molecule has 1 aromatic heterocycles. The summed E-state index contributed by atoms with van der Waals surface area (Å²) in [5, 5.41) is 0. The van der Waals surface area contributed by atoms with E-state index in [9.17, 15) is 4.39 Å². The minimum atomic E-state index is -0.481. The minimum Gasteiger partial charge on any atom is -0.471 e. The Balaban J connectivity index is 2.09. The Labute approximate surface area is 99.1 Å². The van der Waals surface area contributed by atoms with Crippen LogP contribution in [0.25, 0.3) is 0 Å². The lowest BCUT2D eigenvalue weighted by molar-refractivity contribution is 0.276. The van der Waals surface area contributed by atoms with E-state index >= 15 is 0 Å². The van der Waals surface area contributed by atoms with E-state index in [2.05, 4.69) is 4.98 Å². The number of nitrogens with two attached hydrogens (primary N) is 1. The Morgan fingerprint density at radius 2 is 1.94 bits per heavy atom. The molecule has 0 atom stereocenters. The summed E-state index contributed by atoms with van der Waals surface area (Å²) >= 11 is 0. The van der Waals surface area contributed by atoms with Crippen LogP contribution in [-0.2, 0) is 13.2 Å². The Morgan fingerprint density at radius 1 is 1.18 bits per heavy atom. The summed E-state index contributed by atoms with van der Waals surface area (Å²) in [4.78, 5) is 3.85. The quantitative estimate of drug-likeness (QED) is 0.879. The molecule has 2 aromatic rings. The van der Waals surface area contributed by atoms with Crippen molar-refractivity contribution in [2.24, 2.45) is 5.73 Å². The molecule has 0 unspecified atom stereocenters. The summed E-state index contributed by atoms with van der Waals surface area (Å²) in [7, 11) is 0. The average Bonchev–Trinajstić information content (AvgIpc) is 2.39. The van der Waals surface area contributed by atoms with E-state index in [0.717, 1.165) is 5.56 Å². The van der Waals surface area contributed by atoms with Gasteiger partial charge in [-0.05, 0) is 11.6 Å². The van der Waals surface area contributed by atoms with Crippen LogP contribution in [0, 0.1) is 5.82 Å². The molecule has 2 rings (SSSR count). The predicted octanol–water partition coefficient (Wildman–Crippen LogP) is 2.26. The van der Waals surface area contributed by atoms with Gasteiger partial charge in [0.25, 0.3) is 5.88 Å². The van der Waals surface area contributed by atoms with Crippen LogP contribution >= 0.6 is 0 Å². The molecule has 0 aliphatic carbocycles. The molecule has 88 valence electrons. The van der Waals surface area contributed by atoms with Crippen LogP contribution in [0.5, 0.6) is 5.88 Å². The van der Waals surface area contributed by atoms with E-state index in [4.69, 9.17) is 10.5 Å². The molecule has 1 heterocycles. The lowest BCUT2D eigenvalue weighted by atomic mass is 10.2. The van der Waals surface area contributed by atoms with Crippen LogP contribution in [0.4, 0.5) is 4.39 Å². The number of hydrogen-bond acceptors (Lipinski definition) is 3. The van der Waals surface area contributed by atoms with Gasteiger partial charge in [-0.25, -0.2) is 9.37 Å². The molecule has 0 saturated carbocycles. The summed E-state index contributed by atoms with van der Waals surface area (Å²) in [5.74, 6) is -0.484. The lowest BCUT2D eigenvalue weighted by Gasteiger charge is -2.08. The Morgan fingerprint density at radius 3 is 2.65 bits per heavy atom. The van der Waals surface area contributed by atoms with E-state index in [0.29, 0.717) is 12.2 Å². The van der Waals surface area contributed by atoms with Crippen LogP contribution in [0.1, 0.15) is 11.1 Å². The number of ether oxygens (including phenoxy) is 1. The van der Waals surface area contributed by atoms with Gasteiger partial charge in [-0.2, -0.15) is 0 Å². The average molecular weight is 232 g/mol. The first-order valence-electron chi connectivity index (χ1n) is 5.31. The van der Waals surface area contributed by atoms with Gasteiger partial charge in [-0.15, -0.1) is 0 Å². The smallest absolute Gasteiger partial charge is 0.251 e. The zero-order valence-corrected chi connectivity index (χ0v) is 9.27. The van der Waals surface area contributed by atoms with Crippen molar-refractivity contribution in [1.82, 2.24) is 4.98 Å². The van der Waals surface area contributed by atoms with Crippen LogP contribution in [-0.4, -0.2) is 4.98 Å². The highest BCUT2D eigenvalue weighted by Crippen LogP contribution is 2.17. The number of hydrogen-bond donors (Lipinski definition) is 1. The normalized spacial score (nSPS) is 10.2. The van der Waals surface area contributed by atoms with Gasteiger partial charge in [0.1, 0.15) is 6.61 Å². The number of nitrogens with zero attached hydrogens (tertiary/aromatic N) is 1. The van der Waals surface area contributed by atoms with E-state index in [1.807, 2.05) is 30.3 Å². The van der Waals surface area contributed by atoms with E-state index in [1.54, 1.807) is 6.07 Å². The first-order valence-corrected chi connectivity index (χ1v) is 5.31. The molecular weight excluding hydrogens is 219 g/mol. The third-order valence-corrected chi connectivity index (χ3v) is 2.38. The van der Waals surface area contributed by atoms with Crippen LogP contribution in [0.15, 0.2) is 42.6 Å². The van der Waals surface area contributed by atoms with E-state index in [-0.39, 0.29) is 12.4 Å². The van der Waals surface area contributed by atoms with Gasteiger partial charge in [0.15, 0.2) is 5.82 Å². The molecule has 17 heavy (non-hydrogen) atoms. The summed E-state index contributed by atoms with van der Waals surface area (Å²) in [6.45, 7) is 0.425. The van der Waals surface area contributed by atoms with Crippen molar-refractivity contribution < 1.29 is 9.13 Å². The van der Waals surface area contributed by atoms with Crippen molar-refractivity contribution in [3.63, 3.8) is 0 Å². The minimum absolute atomic E-state index is 0.00296. The predicted molar refractivity (Wildman–Crippen MR) is 62.9 cm³/mol. The van der Waals surface area contributed by atoms with E-state index < -0.39 is 5.82 Å². The van der Waals surface area contributed by atoms with Crippen molar-refractivity contribution in [2.45, 2.75) is 13.2 Å². The number of aromatic nitrogens is 1. The monoisotopic (exact) mass is 232 g/mol. The second-order valence-electron chi connectivity index (χ2n) is 3.57. The molecule has 0 radical (unpaired) electrons. The molecule has 1 aromatic carbocycles. The van der Waals surface area contributed by atoms with Gasteiger partial charge in [0.05, 0.1) is 0 Å². The second kappa shape index (κ2) is 5.41. The molecule has 4 heteroatoms. The number of rotatable bonds is 4. The number of pyridine rings is 1. The highest BCUT2D eigenvalue weighted by Gasteiger charge is 2.09. The molecule has 0 amide bonds. The van der Waals surface area contributed by atoms with Crippen LogP contribution in [0.2, 0.25) is 0 Å². The fraction of sp³-hybridized carbons (Fsp3) is 0.154. The molecule has 0 fully saturated rings. The maximum Gasteiger partial charge on any atom is 0.251 e. The van der Waals surface area contributed by atoms with Gasteiger partial charge in [0, 0.05) is 18.3 Å². The van der Waals surface area contributed by atoms with E-state index in [1.165, 1.54) is 6.20 Å². The van der Waals surface area contributed by atoms with Crippen molar-refractivity contribution in [3.05, 3.63) is 59.5 Å². The molecule has 3 nitrogen and oxygen atoms in total. The topological polar surface area (TPSA) is 48.1 Å². The van der Waals surface area contributed by atoms with Crippen molar-refractivity contribution in [2.75, 3.05) is 0 Å². The van der Waals surface area contributed by atoms with Gasteiger partial charge in [-0.1, -0.05) is 30.3 Å². The molecule has 0 saturated heterocycles. The maximum absolute atomic E-state index is 13.7. The van der Waals surface area contributed by atoms with Gasteiger partial charge < -0.3 is 10.5 Å². The zero-order valence-electron chi connectivity index (χ0n) is 9.27. The third-order valence-electron chi connectivity index (χ3n) is 2.38. The summed E-state index contributed by atoms with van der Waals surface area (Å²) in [6.07, 6.45) is 1.49. The highest BCUT2D eigenvalue weighted by atomic mass is 19.1. The molecule has 0 spiro atoms. The van der Waals surface area contributed by atoms with Gasteiger partial charge >= 0.3 is 0 Å².